The van der Waals surface area contributed by atoms with Gasteiger partial charge in [0.15, 0.2) is 0 Å². The second-order valence-corrected chi connectivity index (χ2v) is 9.89. The summed E-state index contributed by atoms with van der Waals surface area (Å²) in [5.41, 5.74) is 5.62. The van der Waals surface area contributed by atoms with Gasteiger partial charge in [-0.05, 0) is 60.5 Å². The van der Waals surface area contributed by atoms with Gasteiger partial charge in [0.05, 0.1) is 17.5 Å². The number of esters is 1. The monoisotopic (exact) mass is 540 g/mol. The number of carbonyl (C=O) groups excluding carboxylic acids is 2. The number of fused-ring (bicyclic) bond motifs is 2. The summed E-state index contributed by atoms with van der Waals surface area (Å²) in [5, 5.41) is 1.92. The van der Waals surface area contributed by atoms with Crippen molar-refractivity contribution in [2.24, 2.45) is 0 Å². The van der Waals surface area contributed by atoms with E-state index < -0.39 is 0 Å². The fourth-order valence-corrected chi connectivity index (χ4v) is 5.04. The van der Waals surface area contributed by atoms with Crippen molar-refractivity contribution < 1.29 is 19.1 Å². The summed E-state index contributed by atoms with van der Waals surface area (Å²) >= 11 is 0. The van der Waals surface area contributed by atoms with E-state index in [0.717, 1.165) is 44.2 Å². The van der Waals surface area contributed by atoms with Crippen molar-refractivity contribution in [1.82, 2.24) is 9.55 Å². The topological polar surface area (TPSA) is 70.4 Å². The van der Waals surface area contributed by atoms with Gasteiger partial charge in [-0.3, -0.25) is 19.1 Å². The van der Waals surface area contributed by atoms with Crippen molar-refractivity contribution in [3.05, 3.63) is 143 Å². The minimum Gasteiger partial charge on any atom is -0.489 e. The molecule has 6 heteroatoms. The van der Waals surface area contributed by atoms with Crippen LogP contribution < -0.4 is 4.74 Å². The zero-order valence-electron chi connectivity index (χ0n) is 22.6. The van der Waals surface area contributed by atoms with E-state index in [4.69, 9.17) is 9.47 Å². The summed E-state index contributed by atoms with van der Waals surface area (Å²) in [6, 6.07) is 34.3. The molecule has 6 rings (SSSR count). The fourth-order valence-electron chi connectivity index (χ4n) is 5.04. The first-order chi connectivity index (χ1) is 20.1. The molecule has 41 heavy (non-hydrogen) atoms. The Kier molecular flexibility index (Phi) is 7.28. The molecule has 6 nitrogen and oxygen atoms in total. The number of carbonyl (C=O) groups is 2. The van der Waals surface area contributed by atoms with E-state index >= 15 is 0 Å². The molecule has 0 saturated carbocycles. The van der Waals surface area contributed by atoms with Crippen molar-refractivity contribution >= 4 is 33.7 Å². The van der Waals surface area contributed by atoms with Crippen molar-refractivity contribution in [3.8, 4) is 5.75 Å². The van der Waals surface area contributed by atoms with Crippen LogP contribution in [0.1, 0.15) is 32.7 Å². The number of rotatable bonds is 8. The van der Waals surface area contributed by atoms with Crippen LogP contribution >= 0.6 is 0 Å². The molecule has 0 atom stereocenters. The number of ether oxygens (including phenoxy) is 2. The summed E-state index contributed by atoms with van der Waals surface area (Å²) in [7, 11) is 0. The van der Waals surface area contributed by atoms with Gasteiger partial charge < -0.3 is 9.47 Å². The Bertz CT molecular complexity index is 1860. The smallest absolute Gasteiger partial charge is 0.310 e. The second kappa shape index (κ2) is 11.5. The molecule has 202 valence electrons. The third kappa shape index (κ3) is 5.58. The minimum absolute atomic E-state index is 0.0792. The third-order valence-electron chi connectivity index (χ3n) is 7.16. The predicted molar refractivity (Wildman–Crippen MR) is 159 cm³/mol. The third-order valence-corrected chi connectivity index (χ3v) is 7.16. The van der Waals surface area contributed by atoms with Crippen LogP contribution in [-0.4, -0.2) is 21.4 Å². The van der Waals surface area contributed by atoms with Crippen LogP contribution in [0.5, 0.6) is 5.75 Å². The molecule has 2 aromatic heterocycles. The standard InChI is InChI=1S/C35H28N2O4/c1-24-31(20-34(38)41-22-25-9-3-2-4-10-25)30-12-6-8-14-33(30)37(24)35(39)27-15-17-29(18-16-27)40-23-26-19-28-11-5-7-13-32(28)36-21-26/h2-19,21H,20,22-23H2,1H3. The zero-order chi connectivity index (χ0) is 28.2. The van der Waals surface area contributed by atoms with E-state index in [2.05, 4.69) is 11.1 Å². The molecule has 0 amide bonds. The molecule has 0 radical (unpaired) electrons. The number of aromatic nitrogens is 2. The van der Waals surface area contributed by atoms with Gasteiger partial charge in [-0.2, -0.15) is 0 Å². The van der Waals surface area contributed by atoms with Crippen molar-refractivity contribution in [1.29, 1.82) is 0 Å². The number of para-hydroxylation sites is 2. The lowest BCUT2D eigenvalue weighted by Gasteiger charge is -2.10. The molecule has 4 aromatic carbocycles. The highest BCUT2D eigenvalue weighted by atomic mass is 16.5. The average molecular weight is 541 g/mol. The van der Waals surface area contributed by atoms with Crippen molar-refractivity contribution in [3.63, 3.8) is 0 Å². The largest absolute Gasteiger partial charge is 0.489 e. The Hall–Kier alpha value is -5.23. The van der Waals surface area contributed by atoms with Crippen molar-refractivity contribution in [2.75, 3.05) is 0 Å². The quantitative estimate of drug-likeness (QED) is 0.194. The molecule has 0 unspecified atom stereocenters. The Morgan fingerprint density at radius 3 is 2.34 bits per heavy atom. The molecule has 0 saturated heterocycles. The van der Waals surface area contributed by atoms with Gasteiger partial charge in [0.1, 0.15) is 19.0 Å². The Balaban J connectivity index is 1.18. The summed E-state index contributed by atoms with van der Waals surface area (Å²) < 4.78 is 13.2. The number of hydrogen-bond acceptors (Lipinski definition) is 5. The highest BCUT2D eigenvalue weighted by molar-refractivity contribution is 6.04. The fraction of sp³-hybridized carbons (Fsp3) is 0.114. The molecule has 0 bridgehead atoms. The van der Waals surface area contributed by atoms with E-state index in [1.165, 1.54) is 0 Å². The van der Waals surface area contributed by atoms with Crippen LogP contribution in [0, 0.1) is 6.92 Å². The first-order valence-corrected chi connectivity index (χ1v) is 13.5. The van der Waals surface area contributed by atoms with Gasteiger partial charge in [-0.25, -0.2) is 0 Å². The highest BCUT2D eigenvalue weighted by Crippen LogP contribution is 2.28. The molecule has 0 N–H and O–H groups in total. The molecule has 0 aliphatic heterocycles. The van der Waals surface area contributed by atoms with Gasteiger partial charge in [-0.1, -0.05) is 66.7 Å². The summed E-state index contributed by atoms with van der Waals surface area (Å²) in [6.07, 6.45) is 1.89. The number of benzene rings is 4. The number of pyridine rings is 1. The Morgan fingerprint density at radius 2 is 1.51 bits per heavy atom. The molecule has 0 spiro atoms. The van der Waals surface area contributed by atoms with Crippen LogP contribution in [0.4, 0.5) is 0 Å². The predicted octanol–water partition coefficient (Wildman–Crippen LogP) is 7.05. The Morgan fingerprint density at radius 1 is 0.780 bits per heavy atom. The summed E-state index contributed by atoms with van der Waals surface area (Å²) in [4.78, 5) is 31.0. The van der Waals surface area contributed by atoms with Gasteiger partial charge in [0, 0.05) is 33.8 Å². The molecular formula is C35H28N2O4. The molecule has 0 aliphatic carbocycles. The first-order valence-electron chi connectivity index (χ1n) is 13.5. The van der Waals surface area contributed by atoms with E-state index in [1.807, 2.05) is 92.0 Å². The first kappa shape index (κ1) is 26.0. The number of hydrogen-bond donors (Lipinski definition) is 0. The maximum Gasteiger partial charge on any atom is 0.310 e. The van der Waals surface area contributed by atoms with Gasteiger partial charge in [0.25, 0.3) is 5.91 Å². The lowest BCUT2D eigenvalue weighted by Crippen LogP contribution is -2.14. The minimum atomic E-state index is -0.338. The maximum atomic E-state index is 13.7. The summed E-state index contributed by atoms with van der Waals surface area (Å²) in [6.45, 7) is 2.45. The zero-order valence-corrected chi connectivity index (χ0v) is 22.6. The lowest BCUT2D eigenvalue weighted by atomic mass is 10.1. The molecule has 2 heterocycles. The number of nitrogens with zero attached hydrogens (tertiary/aromatic N) is 2. The molecular weight excluding hydrogens is 512 g/mol. The van der Waals surface area contributed by atoms with Crippen LogP contribution in [0.3, 0.4) is 0 Å². The van der Waals surface area contributed by atoms with E-state index in [-0.39, 0.29) is 24.9 Å². The van der Waals surface area contributed by atoms with Gasteiger partial charge in [0.2, 0.25) is 0 Å². The highest BCUT2D eigenvalue weighted by Gasteiger charge is 2.22. The van der Waals surface area contributed by atoms with Crippen LogP contribution in [0.15, 0.2) is 115 Å². The van der Waals surface area contributed by atoms with Gasteiger partial charge >= 0.3 is 5.97 Å². The average Bonchev–Trinajstić information content (AvgIpc) is 3.29. The van der Waals surface area contributed by atoms with E-state index in [0.29, 0.717) is 17.9 Å². The van der Waals surface area contributed by atoms with Crippen LogP contribution in [0.2, 0.25) is 0 Å². The lowest BCUT2D eigenvalue weighted by molar-refractivity contribution is -0.144. The van der Waals surface area contributed by atoms with Crippen LogP contribution in [-0.2, 0) is 29.2 Å². The van der Waals surface area contributed by atoms with Gasteiger partial charge in [-0.15, -0.1) is 0 Å². The SMILES string of the molecule is Cc1c(CC(=O)OCc2ccccc2)c2ccccc2n1C(=O)c1ccc(OCc2cnc3ccccc3c2)cc1. The maximum absolute atomic E-state index is 13.7. The molecule has 0 fully saturated rings. The van der Waals surface area contributed by atoms with E-state index in [9.17, 15) is 9.59 Å². The Labute approximate surface area is 237 Å². The normalized spacial score (nSPS) is 11.0. The van der Waals surface area contributed by atoms with Crippen LogP contribution in [0.25, 0.3) is 21.8 Å². The van der Waals surface area contributed by atoms with Crippen molar-refractivity contribution in [2.45, 2.75) is 26.6 Å². The second-order valence-electron chi connectivity index (χ2n) is 9.89. The molecule has 0 aliphatic rings. The summed E-state index contributed by atoms with van der Waals surface area (Å²) in [5.74, 6) is 0.147. The van der Waals surface area contributed by atoms with E-state index in [1.54, 1.807) is 28.8 Å². The molecule has 6 aromatic rings.